The fraction of sp³-hybridized carbons (Fsp3) is 0.533. The minimum atomic E-state index is -0.423. The average Bonchev–Trinajstić information content (AvgIpc) is 2.84. The summed E-state index contributed by atoms with van der Waals surface area (Å²) in [6, 6.07) is 6.88. The van der Waals surface area contributed by atoms with Crippen molar-refractivity contribution >= 4 is 5.91 Å². The Morgan fingerprint density at radius 1 is 1.32 bits per heavy atom. The first kappa shape index (κ1) is 12.6. The van der Waals surface area contributed by atoms with Gasteiger partial charge in [0.2, 0.25) is 0 Å². The van der Waals surface area contributed by atoms with Crippen LogP contribution in [0.4, 0.5) is 4.39 Å². The fourth-order valence-electron chi connectivity index (χ4n) is 3.26. The molecule has 19 heavy (non-hydrogen) atoms. The molecule has 2 aliphatic rings. The Labute approximate surface area is 113 Å². The minimum absolute atomic E-state index is 0.154. The summed E-state index contributed by atoms with van der Waals surface area (Å²) in [5, 5.41) is 0. The lowest BCUT2D eigenvalue weighted by atomic mass is 10.1. The summed E-state index contributed by atoms with van der Waals surface area (Å²) < 4.78 is 13.7. The van der Waals surface area contributed by atoms with E-state index in [4.69, 9.17) is 0 Å². The number of carbonyl (C=O) groups is 1. The van der Waals surface area contributed by atoms with E-state index in [2.05, 4.69) is 4.90 Å². The average molecular weight is 262 g/mol. The largest absolute Gasteiger partial charge is 0.333 e. The number of rotatable bonds is 1. The van der Waals surface area contributed by atoms with Crippen molar-refractivity contribution in [2.45, 2.75) is 31.8 Å². The van der Waals surface area contributed by atoms with Crippen LogP contribution >= 0.6 is 0 Å². The molecule has 0 aromatic heterocycles. The Morgan fingerprint density at radius 2 is 2.11 bits per heavy atom. The zero-order valence-electron chi connectivity index (χ0n) is 11.2. The third-order valence-electron chi connectivity index (χ3n) is 4.30. The monoisotopic (exact) mass is 262 g/mol. The normalized spacial score (nSPS) is 27.4. The van der Waals surface area contributed by atoms with E-state index in [1.807, 2.05) is 11.8 Å². The molecule has 2 atom stereocenters. The molecule has 2 fully saturated rings. The zero-order chi connectivity index (χ0) is 13.4. The summed E-state index contributed by atoms with van der Waals surface area (Å²) in [6.07, 6.45) is 2.35. The van der Waals surface area contributed by atoms with Gasteiger partial charge in [0.05, 0.1) is 5.56 Å². The molecular formula is C15H19FN2O. The van der Waals surface area contributed by atoms with Crippen molar-refractivity contribution < 1.29 is 9.18 Å². The minimum Gasteiger partial charge on any atom is -0.333 e. The topological polar surface area (TPSA) is 23.6 Å². The maximum atomic E-state index is 13.7. The molecule has 3 nitrogen and oxygen atoms in total. The number of benzene rings is 1. The second-order valence-electron chi connectivity index (χ2n) is 5.58. The van der Waals surface area contributed by atoms with Crippen molar-refractivity contribution in [1.29, 1.82) is 0 Å². The van der Waals surface area contributed by atoms with Gasteiger partial charge in [-0.05, 0) is 38.4 Å². The number of hydrogen-bond acceptors (Lipinski definition) is 2. The predicted molar refractivity (Wildman–Crippen MR) is 71.5 cm³/mol. The molecule has 4 heteroatoms. The van der Waals surface area contributed by atoms with Crippen LogP contribution in [0.25, 0.3) is 0 Å². The quantitative estimate of drug-likeness (QED) is 0.774. The van der Waals surface area contributed by atoms with Gasteiger partial charge < -0.3 is 4.90 Å². The summed E-state index contributed by atoms with van der Waals surface area (Å²) in [6.45, 7) is 4.82. The van der Waals surface area contributed by atoms with Gasteiger partial charge >= 0.3 is 0 Å². The SMILES string of the molecule is CC1CN2CCCC2CN1C(=O)c1ccccc1F. The highest BCUT2D eigenvalue weighted by Gasteiger charge is 2.37. The Hall–Kier alpha value is -1.42. The summed E-state index contributed by atoms with van der Waals surface area (Å²) in [7, 11) is 0. The highest BCUT2D eigenvalue weighted by atomic mass is 19.1. The van der Waals surface area contributed by atoms with E-state index >= 15 is 0 Å². The van der Waals surface area contributed by atoms with Crippen molar-refractivity contribution in [2.75, 3.05) is 19.6 Å². The van der Waals surface area contributed by atoms with Gasteiger partial charge in [-0.3, -0.25) is 9.69 Å². The van der Waals surface area contributed by atoms with Gasteiger partial charge in [0, 0.05) is 25.2 Å². The Bertz CT molecular complexity index is 491. The highest BCUT2D eigenvalue weighted by molar-refractivity contribution is 5.94. The van der Waals surface area contributed by atoms with Crippen LogP contribution in [0.3, 0.4) is 0 Å². The van der Waals surface area contributed by atoms with Crippen LogP contribution in [0.5, 0.6) is 0 Å². The van der Waals surface area contributed by atoms with Crippen molar-refractivity contribution in [3.63, 3.8) is 0 Å². The van der Waals surface area contributed by atoms with Gasteiger partial charge in [-0.15, -0.1) is 0 Å². The molecule has 1 aromatic rings. The lowest BCUT2D eigenvalue weighted by Gasteiger charge is -2.42. The number of carbonyl (C=O) groups excluding carboxylic acids is 1. The van der Waals surface area contributed by atoms with Crippen LogP contribution in [-0.2, 0) is 0 Å². The molecule has 0 spiro atoms. The predicted octanol–water partition coefficient (Wildman–Crippen LogP) is 2.13. The third-order valence-corrected chi connectivity index (χ3v) is 4.30. The van der Waals surface area contributed by atoms with Crippen molar-refractivity contribution in [3.05, 3.63) is 35.6 Å². The molecule has 0 aliphatic carbocycles. The van der Waals surface area contributed by atoms with Gasteiger partial charge in [-0.2, -0.15) is 0 Å². The second-order valence-corrected chi connectivity index (χ2v) is 5.58. The molecular weight excluding hydrogens is 243 g/mol. The number of fused-ring (bicyclic) bond motifs is 1. The molecule has 2 unspecified atom stereocenters. The molecule has 2 saturated heterocycles. The Balaban J connectivity index is 1.81. The maximum absolute atomic E-state index is 13.7. The molecule has 1 amide bonds. The van der Waals surface area contributed by atoms with Gasteiger partial charge in [0.1, 0.15) is 5.82 Å². The van der Waals surface area contributed by atoms with Crippen molar-refractivity contribution in [3.8, 4) is 0 Å². The Kier molecular flexibility index (Phi) is 3.27. The van der Waals surface area contributed by atoms with E-state index in [-0.39, 0.29) is 17.5 Å². The standard InChI is InChI=1S/C15H19FN2O/c1-11-9-17-8-4-5-12(17)10-18(11)15(19)13-6-2-3-7-14(13)16/h2-3,6-7,11-12H,4-5,8-10H2,1H3. The summed E-state index contributed by atoms with van der Waals surface area (Å²) in [4.78, 5) is 16.8. The second kappa shape index (κ2) is 4.93. The van der Waals surface area contributed by atoms with Crippen molar-refractivity contribution in [2.24, 2.45) is 0 Å². The number of piperazine rings is 1. The molecule has 0 radical (unpaired) electrons. The number of nitrogens with zero attached hydrogens (tertiary/aromatic N) is 2. The van der Waals surface area contributed by atoms with Crippen LogP contribution in [0.1, 0.15) is 30.1 Å². The fourth-order valence-corrected chi connectivity index (χ4v) is 3.26. The first-order chi connectivity index (χ1) is 9.16. The van der Waals surface area contributed by atoms with Gasteiger partial charge in [0.25, 0.3) is 5.91 Å². The molecule has 102 valence electrons. The highest BCUT2D eigenvalue weighted by Crippen LogP contribution is 2.26. The van der Waals surface area contributed by atoms with E-state index in [9.17, 15) is 9.18 Å². The summed E-state index contributed by atoms with van der Waals surface area (Å²) >= 11 is 0. The first-order valence-corrected chi connectivity index (χ1v) is 6.96. The van der Waals surface area contributed by atoms with E-state index in [1.165, 1.54) is 12.5 Å². The first-order valence-electron chi connectivity index (χ1n) is 6.96. The van der Waals surface area contributed by atoms with Crippen LogP contribution in [-0.4, -0.2) is 47.4 Å². The third kappa shape index (κ3) is 2.25. The summed E-state index contributed by atoms with van der Waals surface area (Å²) in [5.74, 6) is -0.592. The van der Waals surface area contributed by atoms with E-state index < -0.39 is 5.82 Å². The van der Waals surface area contributed by atoms with Crippen LogP contribution in [0.2, 0.25) is 0 Å². The van der Waals surface area contributed by atoms with Crippen LogP contribution in [0, 0.1) is 5.82 Å². The van der Waals surface area contributed by atoms with E-state index in [0.717, 1.165) is 26.1 Å². The van der Waals surface area contributed by atoms with Gasteiger partial charge in [0.15, 0.2) is 0 Å². The molecule has 1 aromatic carbocycles. The van der Waals surface area contributed by atoms with Crippen LogP contribution < -0.4 is 0 Å². The lowest BCUT2D eigenvalue weighted by Crippen LogP contribution is -2.56. The zero-order valence-corrected chi connectivity index (χ0v) is 11.2. The molecule has 0 saturated carbocycles. The van der Waals surface area contributed by atoms with E-state index in [0.29, 0.717) is 6.04 Å². The molecule has 2 aliphatic heterocycles. The lowest BCUT2D eigenvalue weighted by molar-refractivity contribution is 0.0391. The number of amides is 1. The molecule has 0 N–H and O–H groups in total. The van der Waals surface area contributed by atoms with Gasteiger partial charge in [-0.1, -0.05) is 12.1 Å². The number of halogens is 1. The van der Waals surface area contributed by atoms with Crippen molar-refractivity contribution in [1.82, 2.24) is 9.80 Å². The van der Waals surface area contributed by atoms with Crippen LogP contribution in [0.15, 0.2) is 24.3 Å². The number of hydrogen-bond donors (Lipinski definition) is 0. The maximum Gasteiger partial charge on any atom is 0.257 e. The molecule has 2 heterocycles. The Morgan fingerprint density at radius 3 is 2.89 bits per heavy atom. The van der Waals surface area contributed by atoms with E-state index in [1.54, 1.807) is 18.2 Å². The van der Waals surface area contributed by atoms with Gasteiger partial charge in [-0.25, -0.2) is 4.39 Å². The molecule has 3 rings (SSSR count). The summed E-state index contributed by atoms with van der Waals surface area (Å²) in [5.41, 5.74) is 0.195. The smallest absolute Gasteiger partial charge is 0.257 e. The molecule has 0 bridgehead atoms.